The summed E-state index contributed by atoms with van der Waals surface area (Å²) in [4.78, 5) is 8.87. The second-order valence-electron chi connectivity index (χ2n) is 6.34. The second-order valence-corrected chi connectivity index (χ2v) is 6.34. The zero-order chi connectivity index (χ0) is 16.9. The molecule has 120 valence electrons. The van der Waals surface area contributed by atoms with Crippen LogP contribution in [-0.4, -0.2) is 19.6 Å². The van der Waals surface area contributed by atoms with Gasteiger partial charge in [-0.05, 0) is 81.3 Å². The molecule has 0 fully saturated rings. The lowest BCUT2D eigenvalue weighted by atomic mass is 9.84. The summed E-state index contributed by atoms with van der Waals surface area (Å²) in [5.41, 5.74) is 11.5. The van der Waals surface area contributed by atoms with Gasteiger partial charge in [0.15, 0.2) is 0 Å². The molecule has 0 spiro atoms. The lowest BCUT2D eigenvalue weighted by Crippen LogP contribution is -2.07. The molecule has 0 aliphatic rings. The van der Waals surface area contributed by atoms with Crippen molar-refractivity contribution in [1.29, 1.82) is 0 Å². The fraction of sp³-hybridized carbons (Fsp3) is 0.421. The number of nitrogens with zero attached hydrogens (tertiary/aromatic N) is 4. The van der Waals surface area contributed by atoms with E-state index in [1.807, 2.05) is 4.52 Å². The number of hydrogen-bond donors (Lipinski definition) is 0. The first-order valence-corrected chi connectivity index (χ1v) is 8.15. The van der Waals surface area contributed by atoms with Crippen molar-refractivity contribution in [3.05, 3.63) is 45.5 Å². The van der Waals surface area contributed by atoms with Crippen molar-refractivity contribution in [3.63, 3.8) is 0 Å². The molecule has 0 saturated carbocycles. The Morgan fingerprint density at radius 3 is 2.04 bits per heavy atom. The highest BCUT2D eigenvalue weighted by atomic mass is 15.3. The summed E-state index contributed by atoms with van der Waals surface area (Å²) in [6.45, 7) is 15.3. The maximum atomic E-state index is 4.65. The molecule has 0 bridgehead atoms. The third-order valence-electron chi connectivity index (χ3n) is 5.22. The Hall–Kier alpha value is -2.23. The molecule has 0 atom stereocenters. The molecule has 3 aromatic rings. The van der Waals surface area contributed by atoms with E-state index in [0.29, 0.717) is 5.78 Å². The minimum absolute atomic E-state index is 0.665. The van der Waals surface area contributed by atoms with Crippen LogP contribution in [0, 0.1) is 41.5 Å². The van der Waals surface area contributed by atoms with Crippen LogP contribution in [0.15, 0.2) is 6.33 Å². The SMILES string of the molecule is CCc1c(C)c(C)c(-c2c(C)nc3ncnn3c2C)c(C)c1C. The molecule has 0 aliphatic carbocycles. The van der Waals surface area contributed by atoms with Crippen LogP contribution < -0.4 is 0 Å². The molecule has 0 radical (unpaired) electrons. The first-order valence-electron chi connectivity index (χ1n) is 8.15. The molecule has 0 N–H and O–H groups in total. The lowest BCUT2D eigenvalue weighted by molar-refractivity contribution is 0.887. The maximum Gasteiger partial charge on any atom is 0.252 e. The average molecular weight is 308 g/mol. The molecule has 2 heterocycles. The fourth-order valence-electron chi connectivity index (χ4n) is 3.78. The zero-order valence-corrected chi connectivity index (χ0v) is 15.1. The standard InChI is InChI=1S/C19H24N4/c1-8-16-10(2)12(4)17(13(5)11(16)3)18-14(6)22-19-20-9-21-23(19)15(18)7/h9H,8H2,1-7H3. The largest absolute Gasteiger partial charge is 0.252 e. The molecule has 4 heteroatoms. The zero-order valence-electron chi connectivity index (χ0n) is 15.1. The van der Waals surface area contributed by atoms with Crippen molar-refractivity contribution >= 4 is 5.78 Å². The van der Waals surface area contributed by atoms with Gasteiger partial charge in [0.05, 0.1) is 11.4 Å². The third-order valence-corrected chi connectivity index (χ3v) is 5.22. The molecule has 2 aromatic heterocycles. The van der Waals surface area contributed by atoms with Gasteiger partial charge in [0.2, 0.25) is 0 Å². The average Bonchev–Trinajstić information content (AvgIpc) is 2.97. The smallest absolute Gasteiger partial charge is 0.216 e. The molecule has 4 nitrogen and oxygen atoms in total. The van der Waals surface area contributed by atoms with Crippen LogP contribution in [0.25, 0.3) is 16.9 Å². The van der Waals surface area contributed by atoms with E-state index in [1.165, 1.54) is 38.9 Å². The summed E-state index contributed by atoms with van der Waals surface area (Å²) < 4.78 is 1.83. The Kier molecular flexibility index (Phi) is 3.71. The van der Waals surface area contributed by atoms with Crippen LogP contribution in [-0.2, 0) is 6.42 Å². The van der Waals surface area contributed by atoms with Gasteiger partial charge in [0, 0.05) is 5.56 Å². The second kappa shape index (κ2) is 5.44. The van der Waals surface area contributed by atoms with Gasteiger partial charge in [0.25, 0.3) is 5.78 Å². The van der Waals surface area contributed by atoms with Crippen molar-refractivity contribution < 1.29 is 0 Å². The first kappa shape index (κ1) is 15.7. The van der Waals surface area contributed by atoms with Crippen molar-refractivity contribution in [2.24, 2.45) is 0 Å². The molecular formula is C19H24N4. The number of fused-ring (bicyclic) bond motifs is 1. The highest BCUT2D eigenvalue weighted by molar-refractivity contribution is 5.78. The van der Waals surface area contributed by atoms with E-state index in [-0.39, 0.29) is 0 Å². The Bertz CT molecular complexity index is 890. The van der Waals surface area contributed by atoms with Gasteiger partial charge in [-0.15, -0.1) is 0 Å². The number of aryl methyl sites for hydroxylation is 2. The number of benzene rings is 1. The minimum atomic E-state index is 0.665. The van der Waals surface area contributed by atoms with E-state index in [2.05, 4.69) is 63.5 Å². The summed E-state index contributed by atoms with van der Waals surface area (Å²) in [7, 11) is 0. The van der Waals surface area contributed by atoms with Crippen LogP contribution >= 0.6 is 0 Å². The maximum absolute atomic E-state index is 4.65. The number of hydrogen-bond acceptors (Lipinski definition) is 3. The monoisotopic (exact) mass is 308 g/mol. The predicted octanol–water partition coefficient (Wildman–Crippen LogP) is 4.20. The molecule has 23 heavy (non-hydrogen) atoms. The van der Waals surface area contributed by atoms with E-state index in [1.54, 1.807) is 6.33 Å². The molecule has 0 aliphatic heterocycles. The highest BCUT2D eigenvalue weighted by Gasteiger charge is 2.20. The molecule has 0 unspecified atom stereocenters. The summed E-state index contributed by atoms with van der Waals surface area (Å²) in [6.07, 6.45) is 2.63. The summed E-state index contributed by atoms with van der Waals surface area (Å²) in [5, 5.41) is 4.33. The third kappa shape index (κ3) is 2.16. The molecule has 3 rings (SSSR count). The fourth-order valence-corrected chi connectivity index (χ4v) is 3.78. The minimum Gasteiger partial charge on any atom is -0.216 e. The van der Waals surface area contributed by atoms with Crippen molar-refractivity contribution in [3.8, 4) is 11.1 Å². The van der Waals surface area contributed by atoms with Crippen LogP contribution in [0.4, 0.5) is 0 Å². The molecular weight excluding hydrogens is 284 g/mol. The molecule has 0 saturated heterocycles. The highest BCUT2D eigenvalue weighted by Crippen LogP contribution is 2.37. The summed E-state index contributed by atoms with van der Waals surface area (Å²) >= 11 is 0. The van der Waals surface area contributed by atoms with Gasteiger partial charge in [-0.2, -0.15) is 10.1 Å². The molecule has 0 amide bonds. The van der Waals surface area contributed by atoms with Gasteiger partial charge in [-0.1, -0.05) is 6.92 Å². The van der Waals surface area contributed by atoms with Crippen LogP contribution in [0.1, 0.15) is 46.1 Å². The topological polar surface area (TPSA) is 43.1 Å². The Morgan fingerprint density at radius 2 is 1.48 bits per heavy atom. The van der Waals surface area contributed by atoms with E-state index >= 15 is 0 Å². The van der Waals surface area contributed by atoms with Crippen LogP contribution in [0.2, 0.25) is 0 Å². The van der Waals surface area contributed by atoms with Crippen LogP contribution in [0.5, 0.6) is 0 Å². The predicted molar refractivity (Wildman–Crippen MR) is 94.0 cm³/mol. The van der Waals surface area contributed by atoms with Crippen LogP contribution in [0.3, 0.4) is 0 Å². The van der Waals surface area contributed by atoms with Gasteiger partial charge < -0.3 is 0 Å². The Labute approximate surface area is 137 Å². The van der Waals surface area contributed by atoms with E-state index < -0.39 is 0 Å². The number of aromatic nitrogens is 4. The van der Waals surface area contributed by atoms with Gasteiger partial charge in [-0.3, -0.25) is 0 Å². The van der Waals surface area contributed by atoms with Gasteiger partial charge >= 0.3 is 0 Å². The Balaban J connectivity index is 2.45. The Morgan fingerprint density at radius 1 is 0.870 bits per heavy atom. The lowest BCUT2D eigenvalue weighted by Gasteiger charge is -2.22. The van der Waals surface area contributed by atoms with Crippen molar-refractivity contribution in [2.45, 2.75) is 54.9 Å². The van der Waals surface area contributed by atoms with Gasteiger partial charge in [0.1, 0.15) is 6.33 Å². The van der Waals surface area contributed by atoms with E-state index in [0.717, 1.165) is 17.8 Å². The van der Waals surface area contributed by atoms with Gasteiger partial charge in [-0.25, -0.2) is 9.50 Å². The quantitative estimate of drug-likeness (QED) is 0.712. The van der Waals surface area contributed by atoms with Crippen molar-refractivity contribution in [1.82, 2.24) is 19.6 Å². The summed E-state index contributed by atoms with van der Waals surface area (Å²) in [5.74, 6) is 0.665. The van der Waals surface area contributed by atoms with E-state index in [9.17, 15) is 0 Å². The van der Waals surface area contributed by atoms with Crippen molar-refractivity contribution in [2.75, 3.05) is 0 Å². The molecule has 1 aromatic carbocycles. The van der Waals surface area contributed by atoms with E-state index in [4.69, 9.17) is 0 Å². The summed E-state index contributed by atoms with van der Waals surface area (Å²) in [6, 6.07) is 0. The number of rotatable bonds is 2. The normalized spacial score (nSPS) is 11.4. The first-order chi connectivity index (χ1) is 10.9.